The third-order valence-corrected chi connectivity index (χ3v) is 3.14. The van der Waals surface area contributed by atoms with E-state index >= 15 is 0 Å². The van der Waals surface area contributed by atoms with Gasteiger partial charge in [0.05, 0.1) is 0 Å². The van der Waals surface area contributed by atoms with Crippen LogP contribution in [0.4, 0.5) is 0 Å². The predicted molar refractivity (Wildman–Crippen MR) is 78.5 cm³/mol. The first kappa shape index (κ1) is 15.7. The summed E-state index contributed by atoms with van der Waals surface area (Å²) in [5, 5.41) is 9.90. The molecule has 0 saturated carbocycles. The van der Waals surface area contributed by atoms with Crippen LogP contribution in [0.3, 0.4) is 0 Å². The van der Waals surface area contributed by atoms with E-state index in [1.54, 1.807) is 0 Å². The second-order valence-electron chi connectivity index (χ2n) is 4.06. The SMILES string of the molecule is COC(Cc1cccc(C#CCCCBr)c1)C(=O)O. The van der Waals surface area contributed by atoms with Crippen molar-refractivity contribution in [3.8, 4) is 11.8 Å². The standard InChI is InChI=1S/C15H17BrO3/c1-19-14(15(17)18)11-13-8-5-7-12(10-13)6-3-2-4-9-16/h5,7-8,10,14H,2,4,9,11H2,1H3,(H,17,18). The van der Waals surface area contributed by atoms with Crippen LogP contribution in [0.25, 0.3) is 0 Å². The molecule has 1 aromatic rings. The molecule has 0 fully saturated rings. The third kappa shape index (κ3) is 5.91. The van der Waals surface area contributed by atoms with Gasteiger partial charge < -0.3 is 9.84 Å². The highest BCUT2D eigenvalue weighted by Gasteiger charge is 2.16. The summed E-state index contributed by atoms with van der Waals surface area (Å²) in [5.74, 6) is 5.23. The van der Waals surface area contributed by atoms with Crippen LogP contribution in [0, 0.1) is 11.8 Å². The predicted octanol–water partition coefficient (Wildman–Crippen LogP) is 2.86. The summed E-state index contributed by atoms with van der Waals surface area (Å²) < 4.78 is 4.93. The van der Waals surface area contributed by atoms with Crippen molar-refractivity contribution in [3.63, 3.8) is 0 Å². The zero-order valence-corrected chi connectivity index (χ0v) is 12.4. The number of halogens is 1. The molecule has 1 unspecified atom stereocenters. The molecule has 4 heteroatoms. The first-order valence-corrected chi connectivity index (χ1v) is 7.19. The van der Waals surface area contributed by atoms with Crippen molar-refractivity contribution in [2.24, 2.45) is 0 Å². The number of alkyl halides is 1. The van der Waals surface area contributed by atoms with Gasteiger partial charge in [0.1, 0.15) is 0 Å². The summed E-state index contributed by atoms with van der Waals surface area (Å²) in [4.78, 5) is 10.9. The van der Waals surface area contributed by atoms with Crippen molar-refractivity contribution in [1.29, 1.82) is 0 Å². The number of hydrogen-bond acceptors (Lipinski definition) is 2. The molecule has 1 N–H and O–H groups in total. The number of ether oxygens (including phenoxy) is 1. The second kappa shape index (κ2) is 8.73. The Kier molecular flexibility index (Phi) is 7.24. The monoisotopic (exact) mass is 324 g/mol. The Morgan fingerprint density at radius 2 is 2.32 bits per heavy atom. The van der Waals surface area contributed by atoms with Crippen LogP contribution < -0.4 is 0 Å². The van der Waals surface area contributed by atoms with Gasteiger partial charge in [-0.1, -0.05) is 39.9 Å². The van der Waals surface area contributed by atoms with Crippen molar-refractivity contribution in [1.82, 2.24) is 0 Å². The van der Waals surface area contributed by atoms with Crippen LogP contribution in [0.1, 0.15) is 24.0 Å². The topological polar surface area (TPSA) is 46.5 Å². The zero-order valence-electron chi connectivity index (χ0n) is 10.9. The van der Waals surface area contributed by atoms with Crippen LogP contribution in [-0.2, 0) is 16.0 Å². The Morgan fingerprint density at radius 3 is 2.95 bits per heavy atom. The van der Waals surface area contributed by atoms with E-state index in [0.29, 0.717) is 6.42 Å². The third-order valence-electron chi connectivity index (χ3n) is 2.58. The molecule has 19 heavy (non-hydrogen) atoms. The van der Waals surface area contributed by atoms with Gasteiger partial charge in [-0.15, -0.1) is 0 Å². The number of carbonyl (C=O) groups is 1. The molecule has 0 bridgehead atoms. The van der Waals surface area contributed by atoms with Crippen LogP contribution in [0.5, 0.6) is 0 Å². The van der Waals surface area contributed by atoms with Crippen molar-refractivity contribution in [3.05, 3.63) is 35.4 Å². The summed E-state index contributed by atoms with van der Waals surface area (Å²) in [6.07, 6.45) is 1.42. The highest BCUT2D eigenvalue weighted by molar-refractivity contribution is 9.09. The van der Waals surface area contributed by atoms with E-state index in [9.17, 15) is 4.79 Å². The molecule has 0 spiro atoms. The molecular weight excluding hydrogens is 308 g/mol. The fraction of sp³-hybridized carbons (Fsp3) is 0.400. The van der Waals surface area contributed by atoms with E-state index < -0.39 is 12.1 Å². The minimum absolute atomic E-state index is 0.350. The maximum atomic E-state index is 10.9. The lowest BCUT2D eigenvalue weighted by Crippen LogP contribution is -2.24. The maximum Gasteiger partial charge on any atom is 0.333 e. The molecule has 0 aromatic heterocycles. The minimum Gasteiger partial charge on any atom is -0.479 e. The fourth-order valence-corrected chi connectivity index (χ4v) is 1.86. The van der Waals surface area contributed by atoms with Gasteiger partial charge in [-0.3, -0.25) is 0 Å². The smallest absolute Gasteiger partial charge is 0.333 e. The van der Waals surface area contributed by atoms with E-state index in [1.165, 1.54) is 7.11 Å². The van der Waals surface area contributed by atoms with Crippen LogP contribution >= 0.6 is 15.9 Å². The molecule has 3 nitrogen and oxygen atoms in total. The first-order valence-electron chi connectivity index (χ1n) is 6.06. The average Bonchev–Trinajstić information content (AvgIpc) is 2.41. The highest BCUT2D eigenvalue weighted by Crippen LogP contribution is 2.09. The molecule has 1 atom stereocenters. The number of methoxy groups -OCH3 is 1. The lowest BCUT2D eigenvalue weighted by Gasteiger charge is -2.10. The summed E-state index contributed by atoms with van der Waals surface area (Å²) in [7, 11) is 1.41. The van der Waals surface area contributed by atoms with Crippen LogP contribution in [0.15, 0.2) is 24.3 Å². The maximum absolute atomic E-state index is 10.9. The Morgan fingerprint density at radius 1 is 1.53 bits per heavy atom. The summed E-state index contributed by atoms with van der Waals surface area (Å²) in [6, 6.07) is 7.61. The van der Waals surface area contributed by atoms with Crippen LogP contribution in [0.2, 0.25) is 0 Å². The molecule has 0 aliphatic heterocycles. The van der Waals surface area contributed by atoms with Crippen molar-refractivity contribution >= 4 is 21.9 Å². The highest BCUT2D eigenvalue weighted by atomic mass is 79.9. The molecule has 102 valence electrons. The molecule has 0 heterocycles. The van der Waals surface area contributed by atoms with E-state index in [-0.39, 0.29) is 0 Å². The quantitative estimate of drug-likeness (QED) is 0.497. The summed E-state index contributed by atoms with van der Waals surface area (Å²) in [5.41, 5.74) is 1.83. The summed E-state index contributed by atoms with van der Waals surface area (Å²) >= 11 is 3.36. The molecule has 0 amide bonds. The Balaban J connectivity index is 2.70. The van der Waals surface area contributed by atoms with Gasteiger partial charge in [0.15, 0.2) is 6.10 Å². The van der Waals surface area contributed by atoms with Gasteiger partial charge in [-0.05, 0) is 24.1 Å². The van der Waals surface area contributed by atoms with Gasteiger partial charge in [-0.2, -0.15) is 0 Å². The van der Waals surface area contributed by atoms with E-state index in [1.807, 2.05) is 24.3 Å². The van der Waals surface area contributed by atoms with Crippen molar-refractivity contribution < 1.29 is 14.6 Å². The first-order chi connectivity index (χ1) is 9.17. The molecule has 0 aliphatic rings. The number of carboxylic acids is 1. The zero-order chi connectivity index (χ0) is 14.1. The van der Waals surface area contributed by atoms with Crippen molar-refractivity contribution in [2.75, 3.05) is 12.4 Å². The second-order valence-corrected chi connectivity index (χ2v) is 4.85. The summed E-state index contributed by atoms with van der Waals surface area (Å²) in [6.45, 7) is 0. The number of benzene rings is 1. The van der Waals surface area contributed by atoms with Gasteiger partial charge in [0.2, 0.25) is 0 Å². The average molecular weight is 325 g/mol. The Hall–Kier alpha value is -1.31. The molecule has 0 radical (unpaired) electrons. The van der Waals surface area contributed by atoms with E-state index in [4.69, 9.17) is 9.84 Å². The van der Waals surface area contributed by atoms with Gasteiger partial charge in [0, 0.05) is 30.8 Å². The molecular formula is C15H17BrO3. The molecule has 0 aliphatic carbocycles. The minimum atomic E-state index is -0.948. The van der Waals surface area contributed by atoms with Gasteiger partial charge in [-0.25, -0.2) is 4.79 Å². The normalized spacial score (nSPS) is 11.5. The van der Waals surface area contributed by atoms with Crippen LogP contribution in [-0.4, -0.2) is 29.6 Å². The Bertz CT molecular complexity index is 474. The largest absolute Gasteiger partial charge is 0.479 e. The molecule has 0 saturated heterocycles. The number of hydrogen-bond donors (Lipinski definition) is 1. The molecule has 1 aromatic carbocycles. The van der Waals surface area contributed by atoms with Gasteiger partial charge >= 0.3 is 5.97 Å². The van der Waals surface area contributed by atoms with Crippen molar-refractivity contribution in [2.45, 2.75) is 25.4 Å². The van der Waals surface area contributed by atoms with E-state index in [0.717, 1.165) is 29.3 Å². The van der Waals surface area contributed by atoms with E-state index in [2.05, 4.69) is 27.8 Å². The lowest BCUT2D eigenvalue weighted by molar-refractivity contribution is -0.148. The molecule has 1 rings (SSSR count). The lowest BCUT2D eigenvalue weighted by atomic mass is 10.0. The fourth-order valence-electron chi connectivity index (χ4n) is 1.58. The number of aliphatic carboxylic acids is 1. The number of carboxylic acid groups (broad SMARTS) is 1. The number of unbranched alkanes of at least 4 members (excludes halogenated alkanes) is 1. The Labute approximate surface area is 122 Å². The van der Waals surface area contributed by atoms with Gasteiger partial charge in [0.25, 0.3) is 0 Å². The number of rotatable bonds is 6.